The number of para-hydroxylation sites is 1. The molecule has 2 amide bonds. The van der Waals surface area contributed by atoms with Crippen LogP contribution in [0.4, 0.5) is 4.79 Å². The Morgan fingerprint density at radius 2 is 1.77 bits per heavy atom. The van der Waals surface area contributed by atoms with E-state index in [-0.39, 0.29) is 11.8 Å². The van der Waals surface area contributed by atoms with Crippen molar-refractivity contribution in [3.63, 3.8) is 0 Å². The fourth-order valence-corrected chi connectivity index (χ4v) is 5.17. The van der Waals surface area contributed by atoms with Crippen LogP contribution in [0.5, 0.6) is 5.75 Å². The van der Waals surface area contributed by atoms with E-state index in [2.05, 4.69) is 19.2 Å². The number of thioether (sulfide) groups is 1. The first kappa shape index (κ1) is 27.4. The van der Waals surface area contributed by atoms with Crippen LogP contribution >= 0.6 is 23.4 Å². The van der Waals surface area contributed by atoms with Gasteiger partial charge in [-0.15, -0.1) is 11.8 Å². The van der Waals surface area contributed by atoms with E-state index in [4.69, 9.17) is 21.1 Å². The van der Waals surface area contributed by atoms with E-state index in [1.807, 2.05) is 55.3 Å². The summed E-state index contributed by atoms with van der Waals surface area (Å²) in [5.74, 6) is 0.747. The van der Waals surface area contributed by atoms with Gasteiger partial charge in [-0.1, -0.05) is 69.6 Å². The van der Waals surface area contributed by atoms with E-state index < -0.39 is 23.2 Å². The lowest BCUT2D eigenvalue weighted by atomic mass is 9.66. The molecule has 0 bridgehead atoms. The van der Waals surface area contributed by atoms with Crippen molar-refractivity contribution >= 4 is 35.4 Å². The first-order valence-corrected chi connectivity index (χ1v) is 13.6. The first-order valence-electron chi connectivity index (χ1n) is 11.8. The molecule has 2 aromatic rings. The number of rotatable bonds is 8. The van der Waals surface area contributed by atoms with Crippen molar-refractivity contribution in [3.05, 3.63) is 65.2 Å². The Balaban J connectivity index is 1.78. The van der Waals surface area contributed by atoms with Crippen LogP contribution in [0.25, 0.3) is 0 Å². The van der Waals surface area contributed by atoms with Gasteiger partial charge in [-0.05, 0) is 48.4 Å². The Bertz CT molecular complexity index is 1000. The number of likely N-dealkylation sites (tertiary alicyclic amines) is 1. The molecular formula is C27H35ClN2O4S. The predicted octanol–water partition coefficient (Wildman–Crippen LogP) is 5.94. The van der Waals surface area contributed by atoms with Crippen LogP contribution in [0.15, 0.2) is 54.6 Å². The molecule has 35 heavy (non-hydrogen) atoms. The van der Waals surface area contributed by atoms with Crippen molar-refractivity contribution in [2.75, 3.05) is 25.3 Å². The van der Waals surface area contributed by atoms with E-state index >= 15 is 0 Å². The molecule has 1 N–H and O–H groups in total. The summed E-state index contributed by atoms with van der Waals surface area (Å²) in [7, 11) is 0. The van der Waals surface area contributed by atoms with E-state index in [1.54, 1.807) is 36.0 Å². The number of hydrogen-bond acceptors (Lipinski definition) is 5. The molecular weight excluding hydrogens is 484 g/mol. The summed E-state index contributed by atoms with van der Waals surface area (Å²) in [5.41, 5.74) is 0.0963. The normalized spacial score (nSPS) is 20.4. The topological polar surface area (TPSA) is 67.9 Å². The number of nitrogens with one attached hydrogen (secondary N) is 1. The number of ether oxygens (including phenoxy) is 2. The number of carbonyl (C=O) groups is 2. The molecule has 0 radical (unpaired) electrons. The maximum absolute atomic E-state index is 13.6. The van der Waals surface area contributed by atoms with Gasteiger partial charge in [0.2, 0.25) is 5.91 Å². The highest BCUT2D eigenvalue weighted by atomic mass is 35.5. The molecule has 2 atom stereocenters. The number of hydrogen-bond donors (Lipinski definition) is 1. The minimum absolute atomic E-state index is 0.107. The standard InChI is InChI=1S/C27H35ClN2O4S/c1-19(2)23(29-25(32)34-22-9-7-6-8-10-22)24(31)30-16-15-27(33-18-35-5,26(3,4)17-30)20-11-13-21(28)14-12-20/h6-14,19,23H,15-18H2,1-5H3,(H,29,32)/t23-,27+/m1/s1. The summed E-state index contributed by atoms with van der Waals surface area (Å²) < 4.78 is 11.9. The molecule has 1 aliphatic rings. The molecule has 1 aliphatic heterocycles. The summed E-state index contributed by atoms with van der Waals surface area (Å²) >= 11 is 7.78. The Morgan fingerprint density at radius 1 is 1.11 bits per heavy atom. The SMILES string of the molecule is CSCO[C@]1(c2ccc(Cl)cc2)CCN(C(=O)[C@H](NC(=O)Oc2ccccc2)C(C)C)CC1(C)C. The molecule has 2 aromatic carbocycles. The van der Waals surface area contributed by atoms with Gasteiger partial charge < -0.3 is 19.7 Å². The second kappa shape index (κ2) is 11.7. The van der Waals surface area contributed by atoms with Crippen LogP contribution in [0.2, 0.25) is 5.02 Å². The summed E-state index contributed by atoms with van der Waals surface area (Å²) in [6.07, 6.45) is 2.00. The highest BCUT2D eigenvalue weighted by Crippen LogP contribution is 2.49. The lowest BCUT2D eigenvalue weighted by Crippen LogP contribution is -2.61. The average Bonchev–Trinajstić information content (AvgIpc) is 2.82. The lowest BCUT2D eigenvalue weighted by Gasteiger charge is -2.53. The zero-order valence-corrected chi connectivity index (χ0v) is 22.6. The molecule has 1 saturated heterocycles. The quantitative estimate of drug-likeness (QED) is 0.438. The predicted molar refractivity (Wildman–Crippen MR) is 142 cm³/mol. The number of halogens is 1. The molecule has 3 rings (SSSR count). The Hall–Kier alpha value is -2.22. The average molecular weight is 519 g/mol. The highest BCUT2D eigenvalue weighted by molar-refractivity contribution is 7.98. The van der Waals surface area contributed by atoms with Gasteiger partial charge in [-0.3, -0.25) is 4.79 Å². The van der Waals surface area contributed by atoms with Crippen LogP contribution in [0.1, 0.15) is 39.7 Å². The number of benzene rings is 2. The largest absolute Gasteiger partial charge is 0.413 e. The smallest absolute Gasteiger partial charge is 0.410 e. The summed E-state index contributed by atoms with van der Waals surface area (Å²) in [5, 5.41) is 3.45. The second-order valence-corrected chi connectivity index (χ2v) is 11.1. The minimum atomic E-state index is -0.697. The molecule has 0 saturated carbocycles. The summed E-state index contributed by atoms with van der Waals surface area (Å²) in [6.45, 7) is 9.09. The monoisotopic (exact) mass is 518 g/mol. The van der Waals surface area contributed by atoms with E-state index in [1.165, 1.54) is 0 Å². The van der Waals surface area contributed by atoms with Crippen molar-refractivity contribution < 1.29 is 19.1 Å². The van der Waals surface area contributed by atoms with Crippen LogP contribution in [0.3, 0.4) is 0 Å². The number of nitrogens with zero attached hydrogens (tertiary/aromatic N) is 1. The third-order valence-electron chi connectivity index (χ3n) is 6.62. The fraction of sp³-hybridized carbons (Fsp3) is 0.481. The molecule has 0 aromatic heterocycles. The van der Waals surface area contributed by atoms with Gasteiger partial charge >= 0.3 is 6.09 Å². The Morgan fingerprint density at radius 3 is 2.34 bits per heavy atom. The third kappa shape index (κ3) is 6.32. The minimum Gasteiger partial charge on any atom is -0.410 e. The highest BCUT2D eigenvalue weighted by Gasteiger charge is 2.52. The van der Waals surface area contributed by atoms with Crippen molar-refractivity contribution in [3.8, 4) is 5.75 Å². The van der Waals surface area contributed by atoms with Crippen LogP contribution in [-0.2, 0) is 15.1 Å². The van der Waals surface area contributed by atoms with Gasteiger partial charge in [0, 0.05) is 23.5 Å². The van der Waals surface area contributed by atoms with Crippen molar-refractivity contribution in [2.24, 2.45) is 11.3 Å². The molecule has 190 valence electrons. The van der Waals surface area contributed by atoms with Gasteiger partial charge in [-0.25, -0.2) is 4.79 Å². The zero-order valence-electron chi connectivity index (χ0n) is 21.0. The summed E-state index contributed by atoms with van der Waals surface area (Å²) in [4.78, 5) is 28.0. The maximum atomic E-state index is 13.6. The van der Waals surface area contributed by atoms with Gasteiger partial charge in [-0.2, -0.15) is 0 Å². The molecule has 6 nitrogen and oxygen atoms in total. The molecule has 1 heterocycles. The van der Waals surface area contributed by atoms with Crippen LogP contribution in [-0.4, -0.2) is 48.2 Å². The zero-order chi connectivity index (χ0) is 25.6. The summed E-state index contributed by atoms with van der Waals surface area (Å²) in [6, 6.07) is 15.9. The van der Waals surface area contributed by atoms with Crippen molar-refractivity contribution in [1.82, 2.24) is 10.2 Å². The number of amides is 2. The van der Waals surface area contributed by atoms with Gasteiger partial charge in [0.25, 0.3) is 0 Å². The lowest BCUT2D eigenvalue weighted by molar-refractivity contribution is -0.168. The number of piperidine rings is 1. The van der Waals surface area contributed by atoms with E-state index in [9.17, 15) is 9.59 Å². The second-order valence-electron chi connectivity index (χ2n) is 9.85. The van der Waals surface area contributed by atoms with E-state index in [0.717, 1.165) is 5.56 Å². The Kier molecular flexibility index (Phi) is 9.13. The molecule has 0 spiro atoms. The molecule has 8 heteroatoms. The van der Waals surface area contributed by atoms with Gasteiger partial charge in [0.1, 0.15) is 17.4 Å². The molecule has 0 aliphatic carbocycles. The Labute approximate surface area is 217 Å². The van der Waals surface area contributed by atoms with Crippen molar-refractivity contribution in [2.45, 2.75) is 45.8 Å². The fourth-order valence-electron chi connectivity index (χ4n) is 4.73. The van der Waals surface area contributed by atoms with Crippen molar-refractivity contribution in [1.29, 1.82) is 0 Å². The van der Waals surface area contributed by atoms with E-state index in [0.29, 0.717) is 36.2 Å². The molecule has 1 fully saturated rings. The number of carbonyl (C=O) groups excluding carboxylic acids is 2. The van der Waals surface area contributed by atoms with Crippen LogP contribution in [0, 0.1) is 11.3 Å². The molecule has 0 unspecified atom stereocenters. The van der Waals surface area contributed by atoms with Gasteiger partial charge in [0.05, 0.1) is 5.94 Å². The van der Waals surface area contributed by atoms with Crippen LogP contribution < -0.4 is 10.1 Å². The first-order chi connectivity index (χ1) is 16.6. The third-order valence-corrected chi connectivity index (χ3v) is 7.22. The van der Waals surface area contributed by atoms with Gasteiger partial charge in [0.15, 0.2) is 0 Å². The maximum Gasteiger partial charge on any atom is 0.413 e.